The molecule has 1 N–H and O–H groups in total. The zero-order valence-corrected chi connectivity index (χ0v) is 16.7. The molecule has 1 saturated heterocycles. The van der Waals surface area contributed by atoms with Crippen molar-refractivity contribution in [1.29, 1.82) is 0 Å². The van der Waals surface area contributed by atoms with E-state index in [1.807, 2.05) is 12.2 Å². The lowest BCUT2D eigenvalue weighted by atomic mass is 9.85. The average Bonchev–Trinajstić information content (AvgIpc) is 2.90. The maximum atomic E-state index is 12.4. The largest absolute Gasteiger partial charge is 0.350 e. The predicted octanol–water partition coefficient (Wildman–Crippen LogP) is 1.61. The summed E-state index contributed by atoms with van der Waals surface area (Å²) < 4.78 is 23.0. The normalized spacial score (nSPS) is 22.9. The molecule has 0 radical (unpaired) electrons. The highest BCUT2D eigenvalue weighted by Gasteiger charge is 2.46. The molecule has 1 aliphatic heterocycles. The van der Waals surface area contributed by atoms with Crippen LogP contribution in [0.3, 0.4) is 0 Å². The maximum Gasteiger partial charge on any atom is 0.233 e. The van der Waals surface area contributed by atoms with E-state index in [1.54, 1.807) is 19.1 Å². The molecule has 0 aromatic heterocycles. The van der Waals surface area contributed by atoms with Crippen LogP contribution in [0.1, 0.15) is 37.8 Å². The van der Waals surface area contributed by atoms with Gasteiger partial charge in [0.1, 0.15) is 0 Å². The van der Waals surface area contributed by atoms with Crippen LogP contribution < -0.4 is 5.32 Å². The fraction of sp³-hybridized carbons (Fsp3) is 0.450. The number of amides is 3. The van der Waals surface area contributed by atoms with Crippen LogP contribution in [0.2, 0.25) is 0 Å². The Labute approximate surface area is 164 Å². The molecule has 1 aromatic carbocycles. The minimum Gasteiger partial charge on any atom is -0.350 e. The highest BCUT2D eigenvalue weighted by molar-refractivity contribution is 7.90. The van der Waals surface area contributed by atoms with Gasteiger partial charge in [0.05, 0.1) is 22.8 Å². The van der Waals surface area contributed by atoms with Crippen LogP contribution in [0, 0.1) is 11.8 Å². The quantitative estimate of drug-likeness (QED) is 0.573. The van der Waals surface area contributed by atoms with Gasteiger partial charge in [-0.15, -0.1) is 0 Å². The van der Waals surface area contributed by atoms with Crippen molar-refractivity contribution in [3.8, 4) is 0 Å². The van der Waals surface area contributed by atoms with Gasteiger partial charge in [0.25, 0.3) is 0 Å². The zero-order valence-electron chi connectivity index (χ0n) is 15.9. The third-order valence-electron chi connectivity index (χ3n) is 5.35. The van der Waals surface area contributed by atoms with Crippen LogP contribution in [0.5, 0.6) is 0 Å². The highest BCUT2D eigenvalue weighted by Crippen LogP contribution is 2.35. The molecule has 150 valence electrons. The molecular formula is C20H24N2O5S. The Kier molecular flexibility index (Phi) is 5.69. The summed E-state index contributed by atoms with van der Waals surface area (Å²) >= 11 is 0. The molecule has 3 atom stereocenters. The number of likely N-dealkylation sites (tertiary alicyclic amines) is 1. The summed E-state index contributed by atoms with van der Waals surface area (Å²) in [6, 6.07) is 6.01. The van der Waals surface area contributed by atoms with Crippen molar-refractivity contribution in [2.24, 2.45) is 11.8 Å². The number of hydrogen-bond acceptors (Lipinski definition) is 5. The van der Waals surface area contributed by atoms with Crippen LogP contribution in [-0.4, -0.2) is 43.8 Å². The second-order valence-corrected chi connectivity index (χ2v) is 9.38. The van der Waals surface area contributed by atoms with Gasteiger partial charge in [0, 0.05) is 19.2 Å². The Balaban J connectivity index is 1.54. The number of allylic oxidation sites excluding steroid dienone is 2. The summed E-state index contributed by atoms with van der Waals surface area (Å²) in [5.41, 5.74) is 0.770. The lowest BCUT2D eigenvalue weighted by molar-refractivity contribution is -0.140. The third kappa shape index (κ3) is 4.16. The molecule has 1 aliphatic carbocycles. The SMILES string of the molecule is C[C@H](NC(=O)CCN1C(=O)[C@H]2CC=CC[C@H]2C1=O)c1ccc(S(C)(=O)=O)cc1. The van der Waals surface area contributed by atoms with Gasteiger partial charge >= 0.3 is 0 Å². The third-order valence-corrected chi connectivity index (χ3v) is 6.48. The van der Waals surface area contributed by atoms with Crippen molar-refractivity contribution in [3.05, 3.63) is 42.0 Å². The minimum absolute atomic E-state index is 0.0378. The van der Waals surface area contributed by atoms with Crippen molar-refractivity contribution >= 4 is 27.6 Å². The van der Waals surface area contributed by atoms with Crippen LogP contribution in [0.25, 0.3) is 0 Å². The monoisotopic (exact) mass is 404 g/mol. The average molecular weight is 404 g/mol. The summed E-state index contributed by atoms with van der Waals surface area (Å²) in [6.45, 7) is 1.87. The first-order valence-corrected chi connectivity index (χ1v) is 11.2. The number of benzene rings is 1. The lowest BCUT2D eigenvalue weighted by Gasteiger charge is -2.17. The Morgan fingerprint density at radius 1 is 1.11 bits per heavy atom. The number of nitrogens with zero attached hydrogens (tertiary/aromatic N) is 1. The van der Waals surface area contributed by atoms with E-state index < -0.39 is 9.84 Å². The van der Waals surface area contributed by atoms with Crippen molar-refractivity contribution in [3.63, 3.8) is 0 Å². The molecule has 1 aromatic rings. The summed E-state index contributed by atoms with van der Waals surface area (Å²) in [7, 11) is -3.27. The molecule has 7 nitrogen and oxygen atoms in total. The van der Waals surface area contributed by atoms with E-state index in [-0.39, 0.29) is 53.5 Å². The molecular weight excluding hydrogens is 380 g/mol. The number of rotatable bonds is 6. The Hall–Kier alpha value is -2.48. The fourth-order valence-electron chi connectivity index (χ4n) is 3.70. The smallest absolute Gasteiger partial charge is 0.233 e. The summed E-state index contributed by atoms with van der Waals surface area (Å²) in [4.78, 5) is 38.5. The minimum atomic E-state index is -3.27. The molecule has 0 saturated carbocycles. The molecule has 2 aliphatic rings. The van der Waals surface area contributed by atoms with Crippen molar-refractivity contribution < 1.29 is 22.8 Å². The van der Waals surface area contributed by atoms with Gasteiger partial charge in [-0.2, -0.15) is 0 Å². The van der Waals surface area contributed by atoms with E-state index in [9.17, 15) is 22.8 Å². The van der Waals surface area contributed by atoms with Gasteiger partial charge in [0.15, 0.2) is 9.84 Å². The van der Waals surface area contributed by atoms with Crippen molar-refractivity contribution in [2.45, 2.75) is 37.1 Å². The summed E-state index contributed by atoms with van der Waals surface area (Å²) in [6.07, 6.45) is 6.20. The molecule has 0 unspecified atom stereocenters. The first-order valence-electron chi connectivity index (χ1n) is 9.28. The highest BCUT2D eigenvalue weighted by atomic mass is 32.2. The molecule has 0 bridgehead atoms. The van der Waals surface area contributed by atoms with E-state index in [1.165, 1.54) is 17.0 Å². The van der Waals surface area contributed by atoms with Crippen LogP contribution in [0.15, 0.2) is 41.3 Å². The van der Waals surface area contributed by atoms with Crippen LogP contribution in [-0.2, 0) is 24.2 Å². The van der Waals surface area contributed by atoms with Gasteiger partial charge in [-0.25, -0.2) is 8.42 Å². The number of carbonyl (C=O) groups excluding carboxylic acids is 3. The van der Waals surface area contributed by atoms with Crippen molar-refractivity contribution in [1.82, 2.24) is 10.2 Å². The second-order valence-electron chi connectivity index (χ2n) is 7.36. The van der Waals surface area contributed by atoms with Gasteiger partial charge < -0.3 is 5.32 Å². The van der Waals surface area contributed by atoms with E-state index in [0.29, 0.717) is 12.8 Å². The standard InChI is InChI=1S/C20H24N2O5S/c1-13(14-7-9-15(10-8-14)28(2,26)27)21-18(23)11-12-22-19(24)16-5-3-4-6-17(16)20(22)25/h3-4,7-10,13,16-17H,5-6,11-12H2,1-2H3,(H,21,23)/t13-,16-,17+/m0/s1. The number of hydrogen-bond donors (Lipinski definition) is 1. The number of nitrogens with one attached hydrogen (secondary N) is 1. The van der Waals surface area contributed by atoms with Gasteiger partial charge in [-0.1, -0.05) is 24.3 Å². The van der Waals surface area contributed by atoms with E-state index in [4.69, 9.17) is 0 Å². The Bertz CT molecular complexity index is 894. The zero-order chi connectivity index (χ0) is 20.5. The lowest BCUT2D eigenvalue weighted by Crippen LogP contribution is -2.36. The fourth-order valence-corrected chi connectivity index (χ4v) is 4.33. The first kappa shape index (κ1) is 20.3. The molecule has 1 fully saturated rings. The van der Waals surface area contributed by atoms with E-state index in [2.05, 4.69) is 5.32 Å². The predicted molar refractivity (Wildman–Crippen MR) is 103 cm³/mol. The Morgan fingerprint density at radius 3 is 2.14 bits per heavy atom. The first-order chi connectivity index (χ1) is 13.2. The molecule has 3 amide bonds. The molecule has 8 heteroatoms. The molecule has 1 heterocycles. The van der Waals surface area contributed by atoms with Crippen molar-refractivity contribution in [2.75, 3.05) is 12.8 Å². The van der Waals surface area contributed by atoms with Gasteiger partial charge in [0.2, 0.25) is 17.7 Å². The summed E-state index contributed by atoms with van der Waals surface area (Å²) in [5.74, 6) is -1.21. The molecule has 28 heavy (non-hydrogen) atoms. The van der Waals surface area contributed by atoms with E-state index in [0.717, 1.165) is 11.8 Å². The van der Waals surface area contributed by atoms with Gasteiger partial charge in [-0.3, -0.25) is 19.3 Å². The maximum absolute atomic E-state index is 12.4. The molecule has 3 rings (SSSR count). The number of sulfone groups is 1. The van der Waals surface area contributed by atoms with Crippen LogP contribution >= 0.6 is 0 Å². The number of imide groups is 1. The summed E-state index contributed by atoms with van der Waals surface area (Å²) in [5, 5.41) is 2.82. The second kappa shape index (κ2) is 7.87. The van der Waals surface area contributed by atoms with Crippen LogP contribution in [0.4, 0.5) is 0 Å². The van der Waals surface area contributed by atoms with E-state index >= 15 is 0 Å². The Morgan fingerprint density at radius 2 is 1.64 bits per heavy atom. The molecule has 0 spiro atoms. The van der Waals surface area contributed by atoms with Gasteiger partial charge in [-0.05, 0) is 37.5 Å². The topological polar surface area (TPSA) is 101 Å². The number of fused-ring (bicyclic) bond motifs is 1. The number of carbonyl (C=O) groups is 3.